The molecule has 0 saturated carbocycles. The number of piperidine rings is 1. The minimum absolute atomic E-state index is 0.0751. The fourth-order valence-electron chi connectivity index (χ4n) is 3.73. The van der Waals surface area contributed by atoms with E-state index in [0.717, 1.165) is 25.1 Å². The third-order valence-corrected chi connectivity index (χ3v) is 4.74. The number of ether oxygens (including phenoxy) is 1. The molecule has 0 unspecified atom stereocenters. The standard InChI is InChI=1S/C17H24N2O2/c1-3-18-17(20)14-10-12-7-8-13(21-2)11-16(12)19-9-5-4-6-15(14)19/h7-8,11,14-15H,3-6,9-10H2,1-2H3,(H,18,20)/t14-,15+/m1/s1. The van der Waals surface area contributed by atoms with Gasteiger partial charge in [0, 0.05) is 30.9 Å². The molecule has 2 aliphatic heterocycles. The van der Waals surface area contributed by atoms with E-state index < -0.39 is 0 Å². The molecule has 4 heteroatoms. The van der Waals surface area contributed by atoms with Gasteiger partial charge in [0.15, 0.2) is 0 Å². The van der Waals surface area contributed by atoms with Crippen molar-refractivity contribution in [2.75, 3.05) is 25.1 Å². The molecule has 1 amide bonds. The highest BCUT2D eigenvalue weighted by molar-refractivity contribution is 5.82. The van der Waals surface area contributed by atoms with Crippen molar-refractivity contribution in [3.8, 4) is 5.75 Å². The molecule has 4 nitrogen and oxygen atoms in total. The Morgan fingerprint density at radius 1 is 1.43 bits per heavy atom. The van der Waals surface area contributed by atoms with Gasteiger partial charge in [0.1, 0.15) is 5.75 Å². The van der Waals surface area contributed by atoms with Crippen LogP contribution in [0.2, 0.25) is 0 Å². The van der Waals surface area contributed by atoms with Crippen LogP contribution in [0.3, 0.4) is 0 Å². The molecule has 1 aromatic rings. The first-order valence-corrected chi connectivity index (χ1v) is 7.96. The van der Waals surface area contributed by atoms with Gasteiger partial charge in [-0.25, -0.2) is 0 Å². The van der Waals surface area contributed by atoms with Crippen molar-refractivity contribution in [3.05, 3.63) is 23.8 Å². The van der Waals surface area contributed by atoms with Crippen molar-refractivity contribution < 1.29 is 9.53 Å². The van der Waals surface area contributed by atoms with E-state index in [4.69, 9.17) is 4.74 Å². The summed E-state index contributed by atoms with van der Waals surface area (Å²) in [6.45, 7) is 3.73. The molecule has 0 radical (unpaired) electrons. The molecule has 21 heavy (non-hydrogen) atoms. The summed E-state index contributed by atoms with van der Waals surface area (Å²) in [7, 11) is 1.70. The average Bonchev–Trinajstić information content (AvgIpc) is 2.53. The maximum atomic E-state index is 12.4. The molecule has 0 aliphatic carbocycles. The zero-order valence-electron chi connectivity index (χ0n) is 12.9. The number of fused-ring (bicyclic) bond motifs is 3. The van der Waals surface area contributed by atoms with Gasteiger partial charge in [-0.1, -0.05) is 6.07 Å². The summed E-state index contributed by atoms with van der Waals surface area (Å²) < 4.78 is 5.37. The normalized spacial score (nSPS) is 24.0. The second-order valence-electron chi connectivity index (χ2n) is 5.96. The fourth-order valence-corrected chi connectivity index (χ4v) is 3.73. The topological polar surface area (TPSA) is 41.6 Å². The van der Waals surface area contributed by atoms with Crippen molar-refractivity contribution in [3.63, 3.8) is 0 Å². The number of nitrogens with zero attached hydrogens (tertiary/aromatic N) is 1. The molecule has 2 atom stereocenters. The van der Waals surface area contributed by atoms with Crippen LogP contribution in [-0.2, 0) is 11.2 Å². The third-order valence-electron chi connectivity index (χ3n) is 4.74. The SMILES string of the molecule is CCNC(=O)[C@@H]1Cc2ccc(OC)cc2N2CCCC[C@@H]12. The van der Waals surface area contributed by atoms with Crippen LogP contribution < -0.4 is 15.0 Å². The number of carbonyl (C=O) groups excluding carboxylic acids is 1. The number of methoxy groups -OCH3 is 1. The zero-order chi connectivity index (χ0) is 14.8. The predicted octanol–water partition coefficient (Wildman–Crippen LogP) is 2.36. The second-order valence-corrected chi connectivity index (χ2v) is 5.96. The van der Waals surface area contributed by atoms with Crippen LogP contribution in [0.5, 0.6) is 5.75 Å². The van der Waals surface area contributed by atoms with Crippen LogP contribution in [-0.4, -0.2) is 32.1 Å². The average molecular weight is 288 g/mol. The number of rotatable bonds is 3. The number of anilines is 1. The second kappa shape index (κ2) is 5.96. The van der Waals surface area contributed by atoms with E-state index in [-0.39, 0.29) is 11.8 Å². The van der Waals surface area contributed by atoms with E-state index in [1.807, 2.05) is 13.0 Å². The third kappa shape index (κ3) is 2.59. The lowest BCUT2D eigenvalue weighted by molar-refractivity contribution is -0.125. The molecule has 0 aromatic heterocycles. The Kier molecular flexibility index (Phi) is 4.04. The Balaban J connectivity index is 1.96. The van der Waals surface area contributed by atoms with Crippen molar-refractivity contribution >= 4 is 11.6 Å². The predicted molar refractivity (Wildman–Crippen MR) is 83.9 cm³/mol. The minimum Gasteiger partial charge on any atom is -0.497 e. The molecule has 0 bridgehead atoms. The molecule has 2 heterocycles. The highest BCUT2D eigenvalue weighted by Crippen LogP contribution is 2.40. The fraction of sp³-hybridized carbons (Fsp3) is 0.588. The van der Waals surface area contributed by atoms with Gasteiger partial charge in [0.2, 0.25) is 5.91 Å². The van der Waals surface area contributed by atoms with Gasteiger partial charge in [-0.05, 0) is 44.2 Å². The van der Waals surface area contributed by atoms with Gasteiger partial charge in [-0.15, -0.1) is 0 Å². The number of amides is 1. The number of nitrogens with one attached hydrogen (secondary N) is 1. The molecule has 114 valence electrons. The Morgan fingerprint density at radius 3 is 3.05 bits per heavy atom. The number of carbonyl (C=O) groups is 1. The van der Waals surface area contributed by atoms with E-state index in [1.54, 1.807) is 7.11 Å². The molecule has 1 fully saturated rings. The number of hydrogen-bond donors (Lipinski definition) is 1. The lowest BCUT2D eigenvalue weighted by Crippen LogP contribution is -2.53. The maximum absolute atomic E-state index is 12.4. The number of benzene rings is 1. The first-order chi connectivity index (χ1) is 10.2. The Labute approximate surface area is 126 Å². The molecule has 2 aliphatic rings. The summed E-state index contributed by atoms with van der Waals surface area (Å²) in [5.74, 6) is 1.18. The van der Waals surface area contributed by atoms with Gasteiger partial charge in [0.25, 0.3) is 0 Å². The maximum Gasteiger partial charge on any atom is 0.225 e. The van der Waals surface area contributed by atoms with Gasteiger partial charge in [-0.2, -0.15) is 0 Å². The summed E-state index contributed by atoms with van der Waals surface area (Å²) >= 11 is 0. The summed E-state index contributed by atoms with van der Waals surface area (Å²) in [6, 6.07) is 6.58. The van der Waals surface area contributed by atoms with Crippen LogP contribution in [0.1, 0.15) is 31.7 Å². The summed E-state index contributed by atoms with van der Waals surface area (Å²) in [4.78, 5) is 14.9. The molecule has 3 rings (SSSR count). The lowest BCUT2D eigenvalue weighted by Gasteiger charge is -2.46. The smallest absolute Gasteiger partial charge is 0.225 e. The van der Waals surface area contributed by atoms with Gasteiger partial charge in [0.05, 0.1) is 13.0 Å². The lowest BCUT2D eigenvalue weighted by atomic mass is 9.80. The quantitative estimate of drug-likeness (QED) is 0.928. The van der Waals surface area contributed by atoms with Crippen molar-refractivity contribution in [1.29, 1.82) is 0 Å². The van der Waals surface area contributed by atoms with E-state index in [9.17, 15) is 4.79 Å². The van der Waals surface area contributed by atoms with Crippen LogP contribution >= 0.6 is 0 Å². The van der Waals surface area contributed by atoms with Gasteiger partial charge >= 0.3 is 0 Å². The molecule has 1 N–H and O–H groups in total. The Hall–Kier alpha value is -1.71. The van der Waals surface area contributed by atoms with Crippen molar-refractivity contribution in [2.24, 2.45) is 5.92 Å². The van der Waals surface area contributed by atoms with Crippen LogP contribution in [0.4, 0.5) is 5.69 Å². The summed E-state index contributed by atoms with van der Waals surface area (Å²) in [5.41, 5.74) is 2.53. The number of hydrogen-bond acceptors (Lipinski definition) is 3. The molecular weight excluding hydrogens is 264 g/mol. The van der Waals surface area contributed by atoms with Gasteiger partial charge in [-0.3, -0.25) is 4.79 Å². The first-order valence-electron chi connectivity index (χ1n) is 7.96. The van der Waals surface area contributed by atoms with E-state index in [2.05, 4.69) is 22.3 Å². The Bertz CT molecular complexity index is 530. The molecule has 0 spiro atoms. The molecule has 1 saturated heterocycles. The molecule has 1 aromatic carbocycles. The highest BCUT2D eigenvalue weighted by atomic mass is 16.5. The van der Waals surface area contributed by atoms with E-state index in [1.165, 1.54) is 24.1 Å². The van der Waals surface area contributed by atoms with Crippen molar-refractivity contribution in [2.45, 2.75) is 38.6 Å². The largest absolute Gasteiger partial charge is 0.497 e. The van der Waals surface area contributed by atoms with Crippen molar-refractivity contribution in [1.82, 2.24) is 5.32 Å². The van der Waals surface area contributed by atoms with E-state index >= 15 is 0 Å². The Morgan fingerprint density at radius 2 is 2.29 bits per heavy atom. The summed E-state index contributed by atoms with van der Waals surface area (Å²) in [5, 5.41) is 3.01. The monoisotopic (exact) mass is 288 g/mol. The van der Waals surface area contributed by atoms with Crippen LogP contribution in [0.25, 0.3) is 0 Å². The van der Waals surface area contributed by atoms with E-state index in [0.29, 0.717) is 12.6 Å². The molecular formula is C17H24N2O2. The minimum atomic E-state index is 0.0751. The first kappa shape index (κ1) is 14.2. The summed E-state index contributed by atoms with van der Waals surface area (Å²) in [6.07, 6.45) is 4.37. The zero-order valence-corrected chi connectivity index (χ0v) is 12.9. The highest BCUT2D eigenvalue weighted by Gasteiger charge is 2.39. The van der Waals surface area contributed by atoms with Gasteiger partial charge < -0.3 is 15.0 Å². The van der Waals surface area contributed by atoms with Crippen LogP contribution in [0.15, 0.2) is 18.2 Å². The van der Waals surface area contributed by atoms with Crippen LogP contribution in [0, 0.1) is 5.92 Å².